The van der Waals surface area contributed by atoms with Crippen molar-refractivity contribution in [3.8, 4) is 0 Å². The molecule has 1 fully saturated rings. The van der Waals surface area contributed by atoms with Gasteiger partial charge in [0.1, 0.15) is 5.82 Å². The van der Waals surface area contributed by atoms with E-state index in [0.717, 1.165) is 17.3 Å². The van der Waals surface area contributed by atoms with Crippen molar-refractivity contribution in [3.63, 3.8) is 0 Å². The summed E-state index contributed by atoms with van der Waals surface area (Å²) in [5, 5.41) is 12.4. The number of ether oxygens (including phenoxy) is 1. The van der Waals surface area contributed by atoms with Gasteiger partial charge in [-0.2, -0.15) is 0 Å². The predicted molar refractivity (Wildman–Crippen MR) is 76.2 cm³/mol. The van der Waals surface area contributed by atoms with E-state index < -0.39 is 0 Å². The van der Waals surface area contributed by atoms with Gasteiger partial charge < -0.3 is 24.5 Å². The zero-order chi connectivity index (χ0) is 14.1. The quantitative estimate of drug-likeness (QED) is 0.843. The number of aromatic nitrogens is 3. The Bertz CT molecular complexity index is 599. The zero-order valence-corrected chi connectivity index (χ0v) is 11.7. The van der Waals surface area contributed by atoms with E-state index in [0.29, 0.717) is 13.2 Å². The lowest BCUT2D eigenvalue weighted by molar-refractivity contribution is -0.0105. The molecule has 0 saturated carbocycles. The second kappa shape index (κ2) is 5.26. The summed E-state index contributed by atoms with van der Waals surface area (Å²) in [5.41, 5.74) is 0.814. The van der Waals surface area contributed by atoms with Crippen molar-refractivity contribution in [1.82, 2.24) is 14.4 Å². The molecule has 7 nitrogen and oxygen atoms in total. The van der Waals surface area contributed by atoms with Crippen LogP contribution in [0.25, 0.3) is 5.65 Å². The third-order valence-corrected chi connectivity index (χ3v) is 3.59. The third kappa shape index (κ3) is 2.19. The van der Waals surface area contributed by atoms with Crippen molar-refractivity contribution in [2.45, 2.75) is 19.1 Å². The summed E-state index contributed by atoms with van der Waals surface area (Å²) in [4.78, 5) is 11.2. The lowest BCUT2D eigenvalue weighted by atomic mass is 10.2. The van der Waals surface area contributed by atoms with E-state index in [1.54, 1.807) is 6.20 Å². The number of nitrogens with one attached hydrogen (secondary N) is 1. The summed E-state index contributed by atoms with van der Waals surface area (Å²) in [5.74, 6) is 1.60. The zero-order valence-electron chi connectivity index (χ0n) is 11.7. The number of nitrogens with zero attached hydrogens (tertiary/aromatic N) is 4. The fourth-order valence-electron chi connectivity index (χ4n) is 2.45. The van der Waals surface area contributed by atoms with Gasteiger partial charge in [-0.1, -0.05) is 0 Å². The van der Waals surface area contributed by atoms with Crippen molar-refractivity contribution in [2.24, 2.45) is 0 Å². The molecule has 2 atom stereocenters. The number of morpholine rings is 1. The van der Waals surface area contributed by atoms with E-state index in [1.807, 2.05) is 23.8 Å². The Balaban J connectivity index is 2.04. The predicted octanol–water partition coefficient (Wildman–Crippen LogP) is 0.357. The monoisotopic (exact) mass is 277 g/mol. The molecule has 3 heterocycles. The summed E-state index contributed by atoms with van der Waals surface area (Å²) in [7, 11) is 1.84. The van der Waals surface area contributed by atoms with Crippen LogP contribution in [-0.2, 0) is 4.74 Å². The molecule has 1 aliphatic rings. The Labute approximate surface area is 117 Å². The van der Waals surface area contributed by atoms with Crippen LogP contribution >= 0.6 is 0 Å². The molecule has 7 heteroatoms. The second-order valence-corrected chi connectivity index (χ2v) is 5.00. The molecule has 1 saturated heterocycles. The van der Waals surface area contributed by atoms with Crippen LogP contribution in [0.1, 0.15) is 6.92 Å². The van der Waals surface area contributed by atoms with Crippen LogP contribution in [-0.4, -0.2) is 58.4 Å². The molecule has 0 amide bonds. The first-order valence-corrected chi connectivity index (χ1v) is 6.73. The summed E-state index contributed by atoms with van der Waals surface area (Å²) in [6.07, 6.45) is 5.38. The summed E-state index contributed by atoms with van der Waals surface area (Å²) in [6.45, 7) is 3.28. The second-order valence-electron chi connectivity index (χ2n) is 5.00. The Morgan fingerprint density at radius 2 is 2.40 bits per heavy atom. The molecule has 0 bridgehead atoms. The maximum Gasteiger partial charge on any atom is 0.180 e. The van der Waals surface area contributed by atoms with Crippen molar-refractivity contribution < 1.29 is 9.84 Å². The fraction of sp³-hybridized carbons (Fsp3) is 0.538. The maximum atomic E-state index is 9.31. The van der Waals surface area contributed by atoms with Crippen LogP contribution in [0, 0.1) is 0 Å². The maximum absolute atomic E-state index is 9.31. The minimum atomic E-state index is -0.179. The van der Waals surface area contributed by atoms with Gasteiger partial charge in [0.05, 0.1) is 31.6 Å². The number of aliphatic hydroxyl groups excluding tert-OH is 1. The van der Waals surface area contributed by atoms with Gasteiger partial charge in [-0.05, 0) is 6.92 Å². The van der Waals surface area contributed by atoms with Crippen molar-refractivity contribution in [3.05, 3.63) is 18.6 Å². The molecule has 0 radical (unpaired) electrons. The summed E-state index contributed by atoms with van der Waals surface area (Å²) >= 11 is 0. The Morgan fingerprint density at radius 3 is 3.15 bits per heavy atom. The number of fused-ring (bicyclic) bond motifs is 1. The number of hydrogen-bond donors (Lipinski definition) is 2. The minimum absolute atomic E-state index is 0.0136. The SMILES string of the molecule is CNc1cn2ccnc2c(N2CC(CO)OCC2C)n1. The molecule has 20 heavy (non-hydrogen) atoms. The van der Waals surface area contributed by atoms with Gasteiger partial charge in [0, 0.05) is 26.0 Å². The van der Waals surface area contributed by atoms with Gasteiger partial charge in [0.15, 0.2) is 11.5 Å². The van der Waals surface area contributed by atoms with E-state index >= 15 is 0 Å². The molecular formula is C13H19N5O2. The molecule has 2 unspecified atom stereocenters. The summed E-state index contributed by atoms with van der Waals surface area (Å²) < 4.78 is 7.53. The molecule has 0 aliphatic carbocycles. The number of aliphatic hydroxyl groups is 1. The van der Waals surface area contributed by atoms with Crippen LogP contribution in [0.2, 0.25) is 0 Å². The molecule has 2 N–H and O–H groups in total. The van der Waals surface area contributed by atoms with Crippen molar-refractivity contribution in [1.29, 1.82) is 0 Å². The lowest BCUT2D eigenvalue weighted by Gasteiger charge is -2.38. The minimum Gasteiger partial charge on any atom is -0.394 e. The smallest absolute Gasteiger partial charge is 0.180 e. The van der Waals surface area contributed by atoms with Crippen molar-refractivity contribution in [2.75, 3.05) is 37.0 Å². The Kier molecular flexibility index (Phi) is 3.45. The topological polar surface area (TPSA) is 74.9 Å². The highest BCUT2D eigenvalue weighted by atomic mass is 16.5. The van der Waals surface area contributed by atoms with Gasteiger partial charge >= 0.3 is 0 Å². The van der Waals surface area contributed by atoms with Crippen LogP contribution in [0.5, 0.6) is 0 Å². The molecule has 0 aromatic carbocycles. The van der Waals surface area contributed by atoms with Crippen LogP contribution in [0.4, 0.5) is 11.6 Å². The standard InChI is InChI=1S/C13H19N5O2/c1-9-8-20-10(7-19)5-18(9)13-12-15-3-4-17(12)6-11(14-2)16-13/h3-4,6,9-10,14,19H,5,7-8H2,1-2H3. The molecule has 0 spiro atoms. The van der Waals surface area contributed by atoms with Gasteiger partial charge in [-0.3, -0.25) is 0 Å². The molecule has 2 aromatic heterocycles. The van der Waals surface area contributed by atoms with Gasteiger partial charge in [0.2, 0.25) is 0 Å². The van der Waals surface area contributed by atoms with Crippen LogP contribution < -0.4 is 10.2 Å². The molecule has 1 aliphatic heterocycles. The third-order valence-electron chi connectivity index (χ3n) is 3.59. The highest BCUT2D eigenvalue weighted by Gasteiger charge is 2.28. The van der Waals surface area contributed by atoms with E-state index in [4.69, 9.17) is 4.74 Å². The number of hydrogen-bond acceptors (Lipinski definition) is 6. The lowest BCUT2D eigenvalue weighted by Crippen LogP contribution is -2.50. The fourth-order valence-corrected chi connectivity index (χ4v) is 2.45. The van der Waals surface area contributed by atoms with Gasteiger partial charge in [-0.15, -0.1) is 0 Å². The largest absolute Gasteiger partial charge is 0.394 e. The average molecular weight is 277 g/mol. The molecule has 3 rings (SSSR count). The Hall–Kier alpha value is -1.86. The van der Waals surface area contributed by atoms with Gasteiger partial charge in [0.25, 0.3) is 0 Å². The number of anilines is 2. The van der Waals surface area contributed by atoms with E-state index in [9.17, 15) is 5.11 Å². The number of imidazole rings is 1. The first-order valence-electron chi connectivity index (χ1n) is 6.73. The van der Waals surface area contributed by atoms with E-state index in [1.165, 1.54) is 0 Å². The van der Waals surface area contributed by atoms with Gasteiger partial charge in [-0.25, -0.2) is 9.97 Å². The normalized spacial score (nSPS) is 23.2. The summed E-state index contributed by atoms with van der Waals surface area (Å²) in [6, 6.07) is 0.193. The average Bonchev–Trinajstić information content (AvgIpc) is 2.95. The van der Waals surface area contributed by atoms with E-state index in [2.05, 4.69) is 27.1 Å². The number of rotatable bonds is 3. The molecular weight excluding hydrogens is 258 g/mol. The molecule has 108 valence electrons. The first kappa shape index (κ1) is 13.1. The molecule has 2 aromatic rings. The van der Waals surface area contributed by atoms with E-state index in [-0.39, 0.29) is 18.8 Å². The Morgan fingerprint density at radius 1 is 1.55 bits per heavy atom. The van der Waals surface area contributed by atoms with Crippen LogP contribution in [0.3, 0.4) is 0 Å². The van der Waals surface area contributed by atoms with Crippen LogP contribution in [0.15, 0.2) is 18.6 Å². The highest BCUT2D eigenvalue weighted by Crippen LogP contribution is 2.25. The highest BCUT2D eigenvalue weighted by molar-refractivity contribution is 5.67. The van der Waals surface area contributed by atoms with Crippen molar-refractivity contribution >= 4 is 17.3 Å². The first-order chi connectivity index (χ1) is 9.72.